The van der Waals surface area contributed by atoms with Crippen LogP contribution in [0.2, 0.25) is 0 Å². The van der Waals surface area contributed by atoms with Gasteiger partial charge >= 0.3 is 0 Å². The lowest BCUT2D eigenvalue weighted by atomic mass is 10.0. The van der Waals surface area contributed by atoms with Gasteiger partial charge in [-0.2, -0.15) is 0 Å². The van der Waals surface area contributed by atoms with Crippen LogP contribution >= 0.6 is 0 Å². The minimum atomic E-state index is 0.294. The van der Waals surface area contributed by atoms with Crippen LogP contribution in [0, 0.1) is 13.8 Å². The number of fused-ring (bicyclic) bond motifs is 1. The number of likely N-dealkylation sites (N-methyl/N-ethyl adjacent to an activating group) is 1. The Hall–Kier alpha value is -3.24. The highest BCUT2D eigenvalue weighted by atomic mass is 16.5. The Morgan fingerprint density at radius 3 is 2.30 bits per heavy atom. The van der Waals surface area contributed by atoms with Crippen molar-refractivity contribution in [1.82, 2.24) is 9.47 Å². The molecule has 1 heterocycles. The van der Waals surface area contributed by atoms with Crippen LogP contribution in [0.4, 0.5) is 0 Å². The second-order valence-corrected chi connectivity index (χ2v) is 9.19. The molecule has 0 aliphatic heterocycles. The molecule has 0 saturated carbocycles. The summed E-state index contributed by atoms with van der Waals surface area (Å²) in [6, 6.07) is 23.2. The molecule has 0 unspecified atom stereocenters. The van der Waals surface area contributed by atoms with Crippen LogP contribution < -0.4 is 4.74 Å². The van der Waals surface area contributed by atoms with E-state index in [-0.39, 0.29) is 0 Å². The molecule has 0 radical (unpaired) electrons. The van der Waals surface area contributed by atoms with Crippen molar-refractivity contribution in [3.8, 4) is 22.8 Å². The number of benzene rings is 3. The number of hydrogen-bond donors (Lipinski definition) is 1. The lowest BCUT2D eigenvalue weighted by Gasteiger charge is -2.20. The molecule has 0 atom stereocenters. The van der Waals surface area contributed by atoms with Crippen LogP contribution in [0.25, 0.3) is 22.2 Å². The molecule has 0 fully saturated rings. The molecule has 4 rings (SSSR count). The summed E-state index contributed by atoms with van der Waals surface area (Å²) in [5.74, 6) is 1.19. The van der Waals surface area contributed by atoms with Gasteiger partial charge in [-0.25, -0.2) is 0 Å². The largest absolute Gasteiger partial charge is 0.508 e. The number of aromatic hydroxyl groups is 1. The number of aryl methyl sites for hydroxylation is 2. The Morgan fingerprint density at radius 1 is 0.939 bits per heavy atom. The molecule has 1 aromatic heterocycles. The zero-order valence-electron chi connectivity index (χ0n) is 20.3. The van der Waals surface area contributed by atoms with Crippen molar-refractivity contribution in [3.63, 3.8) is 0 Å². The average Bonchev–Trinajstić information content (AvgIpc) is 3.06. The number of rotatable bonds is 8. The molecule has 4 nitrogen and oxygen atoms in total. The molecule has 0 aliphatic rings. The Kier molecular flexibility index (Phi) is 6.75. The summed E-state index contributed by atoms with van der Waals surface area (Å²) in [5.41, 5.74) is 7.12. The van der Waals surface area contributed by atoms with Crippen LogP contribution in [-0.4, -0.2) is 40.8 Å². The number of hydrogen-bond acceptors (Lipinski definition) is 3. The summed E-state index contributed by atoms with van der Waals surface area (Å²) >= 11 is 0. The van der Waals surface area contributed by atoms with Gasteiger partial charge in [0, 0.05) is 30.0 Å². The van der Waals surface area contributed by atoms with Crippen molar-refractivity contribution in [1.29, 1.82) is 0 Å². The van der Waals surface area contributed by atoms with Gasteiger partial charge in [-0.05, 0) is 81.8 Å². The van der Waals surface area contributed by atoms with Gasteiger partial charge in [0.1, 0.15) is 18.1 Å². The van der Waals surface area contributed by atoms with E-state index in [1.165, 1.54) is 27.9 Å². The number of phenolic OH excluding ortho intramolecular Hbond substituents is 1. The third kappa shape index (κ3) is 5.07. The first kappa shape index (κ1) is 22.9. The molecule has 0 amide bonds. The number of nitrogens with zero attached hydrogens (tertiary/aromatic N) is 2. The molecule has 0 saturated heterocycles. The van der Waals surface area contributed by atoms with Gasteiger partial charge in [0.05, 0.1) is 5.69 Å². The maximum atomic E-state index is 10.1. The fourth-order valence-corrected chi connectivity index (χ4v) is 4.20. The van der Waals surface area contributed by atoms with E-state index in [1.54, 1.807) is 6.07 Å². The van der Waals surface area contributed by atoms with Crippen LogP contribution in [0.5, 0.6) is 11.5 Å². The summed E-state index contributed by atoms with van der Waals surface area (Å²) in [6.07, 6.45) is 0. The summed E-state index contributed by atoms with van der Waals surface area (Å²) in [7, 11) is 2.12. The van der Waals surface area contributed by atoms with Crippen LogP contribution in [0.1, 0.15) is 30.5 Å². The van der Waals surface area contributed by atoms with E-state index in [0.29, 0.717) is 18.4 Å². The van der Waals surface area contributed by atoms with E-state index >= 15 is 0 Å². The summed E-state index contributed by atoms with van der Waals surface area (Å²) in [5, 5.41) is 11.2. The topological polar surface area (TPSA) is 37.6 Å². The molecule has 4 aromatic rings. The van der Waals surface area contributed by atoms with E-state index in [1.807, 2.05) is 12.1 Å². The number of phenols is 1. The Balaban J connectivity index is 1.62. The average molecular weight is 443 g/mol. The lowest BCUT2D eigenvalue weighted by molar-refractivity contribution is 0.208. The van der Waals surface area contributed by atoms with Crippen LogP contribution in [0.15, 0.2) is 66.7 Å². The molecule has 172 valence electrons. The first-order valence-corrected chi connectivity index (χ1v) is 11.6. The van der Waals surface area contributed by atoms with E-state index < -0.39 is 0 Å². The summed E-state index contributed by atoms with van der Waals surface area (Å²) < 4.78 is 8.30. The minimum absolute atomic E-state index is 0.294. The van der Waals surface area contributed by atoms with Gasteiger partial charge in [-0.1, -0.05) is 42.0 Å². The van der Waals surface area contributed by atoms with Crippen LogP contribution in [0.3, 0.4) is 0 Å². The first-order chi connectivity index (χ1) is 15.8. The normalized spacial score (nSPS) is 11.6. The van der Waals surface area contributed by atoms with E-state index in [9.17, 15) is 5.11 Å². The highest BCUT2D eigenvalue weighted by molar-refractivity contribution is 5.92. The lowest BCUT2D eigenvalue weighted by Crippen LogP contribution is -2.30. The van der Waals surface area contributed by atoms with Gasteiger partial charge in [0.2, 0.25) is 0 Å². The number of aromatic nitrogens is 1. The van der Waals surface area contributed by atoms with Crippen LogP contribution in [-0.2, 0) is 6.54 Å². The smallest absolute Gasteiger partial charge is 0.119 e. The summed E-state index contributed by atoms with van der Waals surface area (Å²) in [4.78, 5) is 2.28. The molecule has 3 aromatic carbocycles. The highest BCUT2D eigenvalue weighted by Crippen LogP contribution is 2.35. The maximum absolute atomic E-state index is 10.1. The predicted molar refractivity (Wildman–Crippen MR) is 137 cm³/mol. The molecule has 0 bridgehead atoms. The molecular weight excluding hydrogens is 408 g/mol. The molecule has 0 aliphatic carbocycles. The second-order valence-electron chi connectivity index (χ2n) is 9.19. The van der Waals surface area contributed by atoms with Gasteiger partial charge in [-0.15, -0.1) is 0 Å². The van der Waals surface area contributed by atoms with E-state index in [2.05, 4.69) is 92.7 Å². The molecule has 0 spiro atoms. The molecule has 1 N–H and O–H groups in total. The fourth-order valence-electron chi connectivity index (χ4n) is 4.20. The maximum Gasteiger partial charge on any atom is 0.119 e. The summed E-state index contributed by atoms with van der Waals surface area (Å²) in [6.45, 7) is 10.9. The zero-order chi connectivity index (χ0) is 23.5. The van der Waals surface area contributed by atoms with E-state index in [0.717, 1.165) is 29.7 Å². The van der Waals surface area contributed by atoms with E-state index in [4.69, 9.17) is 4.74 Å². The molecule has 33 heavy (non-hydrogen) atoms. The standard InChI is InChI=1S/C29H34N2O2/c1-20(2)30(5)16-17-33-26-13-8-23(9-14-26)19-31-28-15-12-25(32)18-27(28)22(4)29(31)24-10-6-21(3)7-11-24/h6-15,18,20,32H,16-17,19H2,1-5H3. The molecule has 4 heteroatoms. The third-order valence-corrected chi connectivity index (χ3v) is 6.48. The van der Waals surface area contributed by atoms with Crippen molar-refractivity contribution in [2.45, 2.75) is 40.3 Å². The number of ether oxygens (including phenoxy) is 1. The Labute approximate surface area is 197 Å². The first-order valence-electron chi connectivity index (χ1n) is 11.6. The molecular formula is C29H34N2O2. The Bertz CT molecular complexity index is 1220. The van der Waals surface area contributed by atoms with Crippen molar-refractivity contribution < 1.29 is 9.84 Å². The van der Waals surface area contributed by atoms with Crippen molar-refractivity contribution in [2.75, 3.05) is 20.2 Å². The van der Waals surface area contributed by atoms with Gasteiger partial charge in [0.15, 0.2) is 0 Å². The predicted octanol–water partition coefficient (Wildman–Crippen LogP) is 6.40. The van der Waals surface area contributed by atoms with Crippen molar-refractivity contribution in [2.24, 2.45) is 0 Å². The third-order valence-electron chi connectivity index (χ3n) is 6.48. The van der Waals surface area contributed by atoms with Gasteiger partial charge < -0.3 is 19.3 Å². The quantitative estimate of drug-likeness (QED) is 0.343. The SMILES string of the molecule is Cc1ccc(-c2c(C)c3cc(O)ccc3n2Cc2ccc(OCCN(C)C(C)C)cc2)cc1. The monoisotopic (exact) mass is 442 g/mol. The van der Waals surface area contributed by atoms with Gasteiger partial charge in [-0.3, -0.25) is 0 Å². The Morgan fingerprint density at radius 2 is 1.64 bits per heavy atom. The second kappa shape index (κ2) is 9.72. The van der Waals surface area contributed by atoms with Gasteiger partial charge in [0.25, 0.3) is 0 Å². The minimum Gasteiger partial charge on any atom is -0.508 e. The zero-order valence-corrected chi connectivity index (χ0v) is 20.3. The van der Waals surface area contributed by atoms with Crippen molar-refractivity contribution in [3.05, 3.63) is 83.4 Å². The van der Waals surface area contributed by atoms with Crippen molar-refractivity contribution >= 4 is 10.9 Å². The highest BCUT2D eigenvalue weighted by Gasteiger charge is 2.17. The fraction of sp³-hybridized carbons (Fsp3) is 0.310.